The molecule has 1 amide bonds. The number of carbonyl (C=O) groups is 1. The average Bonchev–Trinajstić information content (AvgIpc) is 3.10. The van der Waals surface area contributed by atoms with Crippen molar-refractivity contribution in [3.63, 3.8) is 0 Å². The number of anilines is 1. The smallest absolute Gasteiger partial charge is 0.246 e. The van der Waals surface area contributed by atoms with Crippen LogP contribution in [0.2, 0.25) is 0 Å². The third kappa shape index (κ3) is 6.02. The Morgan fingerprint density at radius 1 is 1.00 bits per heavy atom. The molecule has 0 bridgehead atoms. The second-order valence-electron chi connectivity index (χ2n) is 11.0. The second kappa shape index (κ2) is 12.5. The Kier molecular flexibility index (Phi) is 8.20. The van der Waals surface area contributed by atoms with Crippen molar-refractivity contribution in [2.24, 2.45) is 13.0 Å². The highest BCUT2D eigenvalue weighted by molar-refractivity contribution is 6.03. The Morgan fingerprint density at radius 3 is 2.55 bits per heavy atom. The van der Waals surface area contributed by atoms with Crippen molar-refractivity contribution in [2.45, 2.75) is 25.7 Å². The molecule has 0 spiro atoms. The molecular weight excluding hydrogens is 524 g/mol. The van der Waals surface area contributed by atoms with E-state index in [1.54, 1.807) is 6.08 Å². The Labute approximate surface area is 246 Å². The van der Waals surface area contributed by atoms with Crippen molar-refractivity contribution in [3.8, 4) is 34.5 Å². The molecule has 2 aliphatic rings. The average molecular weight is 561 g/mol. The first-order valence-electron chi connectivity index (χ1n) is 14.7. The van der Waals surface area contributed by atoms with Crippen LogP contribution in [0.25, 0.3) is 22.2 Å². The van der Waals surface area contributed by atoms with Gasteiger partial charge in [0.15, 0.2) is 0 Å². The fraction of sp³-hybridized carbons (Fsp3) is 0.324. The van der Waals surface area contributed by atoms with Crippen LogP contribution in [0.15, 0.2) is 73.1 Å². The summed E-state index contributed by atoms with van der Waals surface area (Å²) >= 11 is 0. The topological polar surface area (TPSA) is 89.5 Å². The van der Waals surface area contributed by atoms with Gasteiger partial charge in [-0.15, -0.1) is 0 Å². The Balaban J connectivity index is 1.22. The molecule has 4 aromatic rings. The van der Waals surface area contributed by atoms with Crippen molar-refractivity contribution in [3.05, 3.63) is 78.8 Å². The number of hydrogen-bond acceptors (Lipinski definition) is 6. The molecule has 8 heteroatoms. The number of nitrogen functional groups attached to an aromatic ring is 1. The van der Waals surface area contributed by atoms with Gasteiger partial charge in [0.2, 0.25) is 5.91 Å². The third-order valence-corrected chi connectivity index (χ3v) is 8.13. The maximum atomic E-state index is 12.8. The molecule has 2 aliphatic heterocycles. The number of aromatic nitrogens is 3. The number of carbonyl (C=O) groups excluding carboxylic acids is 1. The summed E-state index contributed by atoms with van der Waals surface area (Å²) in [4.78, 5) is 25.9. The van der Waals surface area contributed by atoms with E-state index >= 15 is 0 Å². The number of fused-ring (bicyclic) bond motifs is 1. The molecule has 0 saturated carbocycles. The van der Waals surface area contributed by atoms with Crippen LogP contribution in [0.5, 0.6) is 11.5 Å². The minimum Gasteiger partial charge on any atom is -0.457 e. The number of aryl methyl sites for hydroxylation is 1. The Hall–Kier alpha value is -4.61. The van der Waals surface area contributed by atoms with Crippen LogP contribution in [0.3, 0.4) is 0 Å². The molecule has 2 aromatic heterocycles. The molecule has 42 heavy (non-hydrogen) atoms. The zero-order valence-electron chi connectivity index (χ0n) is 24.0. The van der Waals surface area contributed by atoms with E-state index in [0.29, 0.717) is 5.82 Å². The van der Waals surface area contributed by atoms with Crippen LogP contribution in [-0.2, 0) is 11.8 Å². The van der Waals surface area contributed by atoms with Gasteiger partial charge in [-0.25, -0.2) is 9.97 Å². The SMILES string of the molecule is Cn1c(C#CC2CCCN(C(=O)/C=C/CN3CCC3)CC2)c(-c2ccc(Oc3ccccc3)cc2)c2c(N)ncnc21. The zero-order chi connectivity index (χ0) is 28.9. The number of rotatable bonds is 6. The standard InChI is InChI=1S/C34H36N6O2/c1-38-29(17-12-25-8-5-22-40(23-18-25)30(41)11-6-19-39-20-7-21-39)31(32-33(35)36-24-37-34(32)38)26-13-15-28(16-14-26)42-27-9-3-2-4-10-27/h2-4,6,9-11,13-16,24-25H,5,7-8,18-23H2,1H3,(H2,35,36,37)/b11-6+. The number of nitrogens with two attached hydrogens (primary N) is 1. The number of amides is 1. The van der Waals surface area contributed by atoms with Gasteiger partial charge in [-0.2, -0.15) is 0 Å². The fourth-order valence-corrected chi connectivity index (χ4v) is 5.62. The molecule has 2 fully saturated rings. The fourth-order valence-electron chi connectivity index (χ4n) is 5.62. The van der Waals surface area contributed by atoms with Crippen LogP contribution >= 0.6 is 0 Å². The summed E-state index contributed by atoms with van der Waals surface area (Å²) in [6, 6.07) is 17.7. The van der Waals surface area contributed by atoms with Crippen molar-refractivity contribution >= 4 is 22.8 Å². The first-order valence-corrected chi connectivity index (χ1v) is 14.7. The molecule has 4 heterocycles. The number of benzene rings is 2. The molecule has 0 aliphatic carbocycles. The van der Waals surface area contributed by atoms with Gasteiger partial charge in [-0.1, -0.05) is 42.3 Å². The molecule has 1 atom stereocenters. The van der Waals surface area contributed by atoms with E-state index in [4.69, 9.17) is 10.5 Å². The van der Waals surface area contributed by atoms with E-state index < -0.39 is 0 Å². The van der Waals surface area contributed by atoms with E-state index in [9.17, 15) is 4.79 Å². The summed E-state index contributed by atoms with van der Waals surface area (Å²) in [5.74, 6) is 9.28. The van der Waals surface area contributed by atoms with Gasteiger partial charge in [-0.3, -0.25) is 9.69 Å². The third-order valence-electron chi connectivity index (χ3n) is 8.13. The van der Waals surface area contributed by atoms with Gasteiger partial charge in [0.1, 0.15) is 35.0 Å². The molecular formula is C34H36N6O2. The molecule has 6 rings (SSSR count). The van der Waals surface area contributed by atoms with Crippen LogP contribution in [0, 0.1) is 17.8 Å². The van der Waals surface area contributed by atoms with Crippen LogP contribution in [-0.4, -0.2) is 63.0 Å². The highest BCUT2D eigenvalue weighted by atomic mass is 16.5. The Bertz CT molecular complexity index is 1640. The predicted octanol–water partition coefficient (Wildman–Crippen LogP) is 5.25. The molecule has 1 unspecified atom stereocenters. The lowest BCUT2D eigenvalue weighted by atomic mass is 9.99. The van der Waals surface area contributed by atoms with Gasteiger partial charge in [-0.05, 0) is 74.5 Å². The van der Waals surface area contributed by atoms with Gasteiger partial charge < -0.3 is 19.9 Å². The summed E-state index contributed by atoms with van der Waals surface area (Å²) in [5, 5.41) is 0.795. The minimum absolute atomic E-state index is 0.105. The van der Waals surface area contributed by atoms with Gasteiger partial charge in [0, 0.05) is 44.2 Å². The van der Waals surface area contributed by atoms with Crippen molar-refractivity contribution < 1.29 is 9.53 Å². The maximum Gasteiger partial charge on any atom is 0.246 e. The minimum atomic E-state index is 0.105. The molecule has 0 radical (unpaired) electrons. The summed E-state index contributed by atoms with van der Waals surface area (Å²) in [6.45, 7) is 4.62. The van der Waals surface area contributed by atoms with Crippen LogP contribution < -0.4 is 10.5 Å². The van der Waals surface area contributed by atoms with Crippen LogP contribution in [0.4, 0.5) is 5.82 Å². The molecule has 2 saturated heterocycles. The lowest BCUT2D eigenvalue weighted by molar-refractivity contribution is -0.126. The summed E-state index contributed by atoms with van der Waals surface area (Å²) in [6.07, 6.45) is 9.24. The van der Waals surface area contributed by atoms with E-state index in [0.717, 1.165) is 91.3 Å². The predicted molar refractivity (Wildman–Crippen MR) is 166 cm³/mol. The first kappa shape index (κ1) is 27.6. The molecule has 214 valence electrons. The first-order chi connectivity index (χ1) is 20.6. The second-order valence-corrected chi connectivity index (χ2v) is 11.0. The van der Waals surface area contributed by atoms with Crippen molar-refractivity contribution in [2.75, 3.05) is 38.5 Å². The normalized spacial score (nSPS) is 17.5. The quantitative estimate of drug-likeness (QED) is 0.256. The lowest BCUT2D eigenvalue weighted by Gasteiger charge is -2.29. The number of hydrogen-bond donors (Lipinski definition) is 1. The monoisotopic (exact) mass is 560 g/mol. The van der Waals surface area contributed by atoms with Gasteiger partial charge >= 0.3 is 0 Å². The highest BCUT2D eigenvalue weighted by Crippen LogP contribution is 2.37. The summed E-state index contributed by atoms with van der Waals surface area (Å²) in [7, 11) is 1.97. The van der Waals surface area contributed by atoms with E-state index in [1.165, 1.54) is 12.7 Å². The number of ether oxygens (including phenoxy) is 1. The largest absolute Gasteiger partial charge is 0.457 e. The number of nitrogens with zero attached hydrogens (tertiary/aromatic N) is 5. The number of likely N-dealkylation sites (tertiary alicyclic amines) is 2. The number of para-hydroxylation sites is 1. The van der Waals surface area contributed by atoms with E-state index in [1.807, 2.05) is 77.2 Å². The molecule has 8 nitrogen and oxygen atoms in total. The van der Waals surface area contributed by atoms with Gasteiger partial charge in [0.05, 0.1) is 5.39 Å². The van der Waals surface area contributed by atoms with E-state index in [-0.39, 0.29) is 11.8 Å². The van der Waals surface area contributed by atoms with Crippen molar-refractivity contribution in [1.82, 2.24) is 24.3 Å². The highest BCUT2D eigenvalue weighted by Gasteiger charge is 2.21. The van der Waals surface area contributed by atoms with E-state index in [2.05, 4.69) is 26.7 Å². The Morgan fingerprint density at radius 2 is 1.79 bits per heavy atom. The van der Waals surface area contributed by atoms with Crippen molar-refractivity contribution in [1.29, 1.82) is 0 Å². The summed E-state index contributed by atoms with van der Waals surface area (Å²) < 4.78 is 8.00. The van der Waals surface area contributed by atoms with Gasteiger partial charge in [0.25, 0.3) is 0 Å². The lowest BCUT2D eigenvalue weighted by Crippen LogP contribution is -2.37. The molecule has 2 N–H and O–H groups in total. The van der Waals surface area contributed by atoms with Crippen LogP contribution in [0.1, 0.15) is 31.4 Å². The summed E-state index contributed by atoms with van der Waals surface area (Å²) in [5.41, 5.74) is 9.87. The maximum absolute atomic E-state index is 12.8. The molecule has 2 aromatic carbocycles. The zero-order valence-corrected chi connectivity index (χ0v) is 24.0.